The summed E-state index contributed by atoms with van der Waals surface area (Å²) in [7, 11) is -4.25. The van der Waals surface area contributed by atoms with Gasteiger partial charge in [0.2, 0.25) is 0 Å². The van der Waals surface area contributed by atoms with Gasteiger partial charge in [-0.05, 0) is 12.1 Å². The number of benzene rings is 1. The maximum atomic E-state index is 10.3. The van der Waals surface area contributed by atoms with Crippen LogP contribution in [0.5, 0.6) is 0 Å². The molecular weight excluding hydrogens is 207 g/mol. The van der Waals surface area contributed by atoms with Crippen molar-refractivity contribution >= 4 is 10.1 Å². The molecule has 0 amide bonds. The second kappa shape index (κ2) is 6.22. The molecule has 0 saturated heterocycles. The monoisotopic (exact) mass is 214 g/mol. The van der Waals surface area contributed by atoms with E-state index in [1.165, 1.54) is 24.3 Å². The van der Waals surface area contributed by atoms with Gasteiger partial charge in [-0.25, -0.2) is 8.42 Å². The van der Waals surface area contributed by atoms with Crippen LogP contribution in [0.1, 0.15) is 0 Å². The molecule has 0 fully saturated rings. The minimum Gasteiger partial charge on any atom is -0.744 e. The van der Waals surface area contributed by atoms with Gasteiger partial charge >= 0.3 is 51.4 Å². The summed E-state index contributed by atoms with van der Waals surface area (Å²) in [5.74, 6) is 0. The molecule has 0 bridgehead atoms. The van der Waals surface area contributed by atoms with Crippen LogP contribution in [0, 0.1) is 0 Å². The Morgan fingerprint density at radius 3 is 1.75 bits per heavy atom. The van der Waals surface area contributed by atoms with Gasteiger partial charge in [-0.15, -0.1) is 0 Å². The van der Waals surface area contributed by atoms with E-state index in [0.717, 1.165) is 0 Å². The molecule has 0 atom stereocenters. The van der Waals surface area contributed by atoms with Gasteiger partial charge in [0.05, 0.1) is 4.90 Å². The van der Waals surface area contributed by atoms with Crippen molar-refractivity contribution < 1.29 is 69.8 Å². The van der Waals surface area contributed by atoms with E-state index in [1.54, 1.807) is 6.07 Å². The Morgan fingerprint density at radius 1 is 1.08 bits per heavy atom. The zero-order valence-corrected chi connectivity index (χ0v) is 10.5. The third kappa shape index (κ3) is 4.68. The van der Waals surface area contributed by atoms with E-state index in [0.29, 0.717) is 0 Å². The van der Waals surface area contributed by atoms with E-state index in [9.17, 15) is 13.0 Å². The van der Waals surface area contributed by atoms with Crippen LogP contribution in [0.3, 0.4) is 0 Å². The fourth-order valence-electron chi connectivity index (χ4n) is 0.587. The quantitative estimate of drug-likeness (QED) is 0.364. The Labute approximate surface area is 113 Å². The van der Waals surface area contributed by atoms with Crippen LogP contribution in [-0.2, 0) is 10.1 Å². The average molecular weight is 214 g/mol. The average Bonchev–Trinajstić information content (AvgIpc) is 1.88. The molecule has 1 aromatic carbocycles. The Kier molecular flexibility index (Phi) is 7.89. The normalized spacial score (nSPS) is 9.42. The van der Waals surface area contributed by atoms with Crippen LogP contribution < -0.4 is 51.4 Å². The molecule has 0 aliphatic rings. The third-order valence-corrected chi connectivity index (χ3v) is 1.88. The van der Waals surface area contributed by atoms with E-state index in [2.05, 4.69) is 0 Å². The smallest absolute Gasteiger partial charge is 0.744 e. The van der Waals surface area contributed by atoms with Gasteiger partial charge in [-0.1, -0.05) is 18.2 Å². The molecule has 2 N–H and O–H groups in total. The maximum Gasteiger partial charge on any atom is 1.00 e. The molecule has 0 saturated carbocycles. The van der Waals surface area contributed by atoms with Gasteiger partial charge < -0.3 is 10.0 Å². The molecule has 0 aliphatic heterocycles. The largest absolute Gasteiger partial charge is 1.00 e. The first-order valence-electron chi connectivity index (χ1n) is 2.61. The summed E-state index contributed by atoms with van der Waals surface area (Å²) >= 11 is 0. The van der Waals surface area contributed by atoms with Crippen LogP contribution in [0.15, 0.2) is 35.2 Å². The van der Waals surface area contributed by atoms with Crippen LogP contribution >= 0.6 is 0 Å². The summed E-state index contributed by atoms with van der Waals surface area (Å²) in [4.78, 5) is -0.185. The molecule has 0 radical (unpaired) electrons. The van der Waals surface area contributed by atoms with Gasteiger partial charge in [-0.2, -0.15) is 0 Å². The van der Waals surface area contributed by atoms with Crippen molar-refractivity contribution in [3.8, 4) is 0 Å². The SMILES string of the molecule is O.O=S(=O)([O-])c1ccccc1.[K+]. The summed E-state index contributed by atoms with van der Waals surface area (Å²) in [6.45, 7) is 0. The molecular formula is C6H7KO4S. The van der Waals surface area contributed by atoms with Crippen molar-refractivity contribution in [3.63, 3.8) is 0 Å². The van der Waals surface area contributed by atoms with Gasteiger partial charge in [-0.3, -0.25) is 0 Å². The van der Waals surface area contributed by atoms with Crippen molar-refractivity contribution in [3.05, 3.63) is 30.3 Å². The molecule has 1 aromatic rings. The van der Waals surface area contributed by atoms with Crippen LogP contribution in [0.4, 0.5) is 0 Å². The van der Waals surface area contributed by atoms with Crippen molar-refractivity contribution in [2.24, 2.45) is 0 Å². The van der Waals surface area contributed by atoms with E-state index in [1.807, 2.05) is 0 Å². The molecule has 0 unspecified atom stereocenters. The number of hydrogen-bond acceptors (Lipinski definition) is 3. The summed E-state index contributed by atoms with van der Waals surface area (Å²) < 4.78 is 30.8. The Bertz CT molecular complexity index is 308. The maximum absolute atomic E-state index is 10.3. The molecule has 4 nitrogen and oxygen atoms in total. The summed E-state index contributed by atoms with van der Waals surface area (Å²) in [5, 5.41) is 0. The zero-order chi connectivity index (χ0) is 7.61. The first-order chi connectivity index (χ1) is 4.61. The molecule has 1 rings (SSSR count). The topological polar surface area (TPSA) is 88.7 Å². The molecule has 0 aromatic heterocycles. The van der Waals surface area contributed by atoms with E-state index >= 15 is 0 Å². The van der Waals surface area contributed by atoms with Gasteiger partial charge in [0.1, 0.15) is 10.1 Å². The second-order valence-corrected chi connectivity index (χ2v) is 3.15. The van der Waals surface area contributed by atoms with Crippen molar-refractivity contribution in [2.75, 3.05) is 0 Å². The van der Waals surface area contributed by atoms with E-state index in [-0.39, 0.29) is 61.8 Å². The molecule has 62 valence electrons. The molecule has 0 heterocycles. The predicted octanol–water partition coefficient (Wildman–Crippen LogP) is -3.23. The van der Waals surface area contributed by atoms with E-state index < -0.39 is 10.1 Å². The first kappa shape index (κ1) is 15.2. The summed E-state index contributed by atoms with van der Waals surface area (Å²) in [5.41, 5.74) is 0. The molecule has 12 heavy (non-hydrogen) atoms. The van der Waals surface area contributed by atoms with Crippen LogP contribution in [-0.4, -0.2) is 18.4 Å². The van der Waals surface area contributed by atoms with Crippen molar-refractivity contribution in [1.82, 2.24) is 0 Å². The van der Waals surface area contributed by atoms with Gasteiger partial charge in [0.15, 0.2) is 0 Å². The second-order valence-electron chi connectivity index (χ2n) is 1.77. The van der Waals surface area contributed by atoms with Gasteiger partial charge in [0, 0.05) is 0 Å². The van der Waals surface area contributed by atoms with Gasteiger partial charge in [0.25, 0.3) is 0 Å². The standard InChI is InChI=1S/C6H6O3S.K.H2O/c7-10(8,9)6-4-2-1-3-5-6;;/h1-5H,(H,7,8,9);;1H2/q;+1;/p-1. The third-order valence-electron chi connectivity index (χ3n) is 1.03. The number of rotatable bonds is 1. The minimum absolute atomic E-state index is 0. The predicted molar refractivity (Wildman–Crippen MR) is 38.0 cm³/mol. The van der Waals surface area contributed by atoms with Crippen LogP contribution in [0.25, 0.3) is 0 Å². The Balaban J connectivity index is 0. The van der Waals surface area contributed by atoms with Crippen LogP contribution in [0.2, 0.25) is 0 Å². The molecule has 0 spiro atoms. The zero-order valence-electron chi connectivity index (χ0n) is 6.52. The van der Waals surface area contributed by atoms with Crippen molar-refractivity contribution in [1.29, 1.82) is 0 Å². The molecule has 0 aliphatic carbocycles. The van der Waals surface area contributed by atoms with Crippen molar-refractivity contribution in [2.45, 2.75) is 4.90 Å². The summed E-state index contributed by atoms with van der Waals surface area (Å²) in [6, 6.07) is 7.19. The Morgan fingerprint density at radius 2 is 1.50 bits per heavy atom. The first-order valence-corrected chi connectivity index (χ1v) is 4.02. The fraction of sp³-hybridized carbons (Fsp3) is 0. The summed E-state index contributed by atoms with van der Waals surface area (Å²) in [6.07, 6.45) is 0. The number of hydrogen-bond donors (Lipinski definition) is 0. The Hall–Kier alpha value is 0.726. The fourth-order valence-corrected chi connectivity index (χ4v) is 1.08. The minimum atomic E-state index is -4.25. The molecule has 6 heteroatoms. The van der Waals surface area contributed by atoms with E-state index in [4.69, 9.17) is 0 Å².